The van der Waals surface area contributed by atoms with Crippen molar-refractivity contribution in [2.24, 2.45) is 5.92 Å². The van der Waals surface area contributed by atoms with Crippen LogP contribution in [0.2, 0.25) is 0 Å². The summed E-state index contributed by atoms with van der Waals surface area (Å²) in [7, 11) is 1.47. The molecule has 0 bridgehead atoms. The van der Waals surface area contributed by atoms with Crippen LogP contribution in [0, 0.1) is 5.92 Å². The van der Waals surface area contributed by atoms with Gasteiger partial charge in [-0.05, 0) is 47.4 Å². The molecule has 8 nitrogen and oxygen atoms in total. The molecule has 8 heteroatoms. The van der Waals surface area contributed by atoms with Gasteiger partial charge in [-0.2, -0.15) is 0 Å². The highest BCUT2D eigenvalue weighted by Gasteiger charge is 2.66. The normalized spacial score (nSPS) is 23.0. The molecule has 0 radical (unpaired) electrons. The van der Waals surface area contributed by atoms with Crippen molar-refractivity contribution in [1.82, 2.24) is 10.2 Å². The lowest BCUT2D eigenvalue weighted by molar-refractivity contribution is -0.155. The number of likely N-dealkylation sites (tertiary alicyclic amines) is 1. The average molecular weight is 479 g/mol. The number of carbonyl (C=O) groups is 3. The maximum Gasteiger partial charge on any atom is 0.407 e. The van der Waals surface area contributed by atoms with Crippen LogP contribution in [-0.2, 0) is 19.1 Å². The van der Waals surface area contributed by atoms with E-state index >= 15 is 0 Å². The standard InChI is InChI=1S/C27H30N2O6/c1-34-18(13-24(30)29-12-6-7-17-14-27(17,29)25(31)32)15-28-26(33)35-16-23-21-10-4-2-8-19(21)20-9-3-5-11-22(20)23/h2-5,8-11,17-18,23H,6-7,12-16H2,1H3,(H,28,33)(H,31,32). The summed E-state index contributed by atoms with van der Waals surface area (Å²) in [5.41, 5.74) is 3.53. The number of carbonyl (C=O) groups excluding carboxylic acids is 2. The number of ether oxygens (including phenoxy) is 2. The second-order valence-electron chi connectivity index (χ2n) is 9.59. The third-order valence-electron chi connectivity index (χ3n) is 7.71. The molecule has 3 atom stereocenters. The van der Waals surface area contributed by atoms with Crippen LogP contribution in [0.4, 0.5) is 4.79 Å². The Morgan fingerprint density at radius 2 is 1.77 bits per heavy atom. The first-order chi connectivity index (χ1) is 17.0. The van der Waals surface area contributed by atoms with E-state index in [0.29, 0.717) is 13.0 Å². The zero-order valence-corrected chi connectivity index (χ0v) is 19.7. The van der Waals surface area contributed by atoms with Crippen LogP contribution in [-0.4, -0.2) is 66.4 Å². The summed E-state index contributed by atoms with van der Waals surface area (Å²) < 4.78 is 11.0. The van der Waals surface area contributed by atoms with Crippen LogP contribution in [0.5, 0.6) is 0 Å². The van der Waals surface area contributed by atoms with Crippen molar-refractivity contribution < 1.29 is 29.0 Å². The van der Waals surface area contributed by atoms with Crippen molar-refractivity contribution in [3.8, 4) is 11.1 Å². The Hall–Kier alpha value is -3.39. The molecule has 35 heavy (non-hydrogen) atoms. The second kappa shape index (κ2) is 9.34. The van der Waals surface area contributed by atoms with Gasteiger partial charge in [0, 0.05) is 26.1 Å². The number of hydrogen-bond acceptors (Lipinski definition) is 5. The summed E-state index contributed by atoms with van der Waals surface area (Å²) in [5, 5.41) is 12.4. The summed E-state index contributed by atoms with van der Waals surface area (Å²) in [6.45, 7) is 0.737. The summed E-state index contributed by atoms with van der Waals surface area (Å²) >= 11 is 0. The maximum absolute atomic E-state index is 12.9. The molecule has 2 aromatic carbocycles. The summed E-state index contributed by atoms with van der Waals surface area (Å²) in [6, 6.07) is 16.2. The highest BCUT2D eigenvalue weighted by Crippen LogP contribution is 2.54. The molecule has 5 rings (SSSR count). The Balaban J connectivity index is 1.15. The first-order valence-corrected chi connectivity index (χ1v) is 12.1. The van der Waals surface area contributed by atoms with Crippen LogP contribution in [0.1, 0.15) is 42.7 Å². The monoisotopic (exact) mass is 478 g/mol. The minimum absolute atomic E-state index is 0.00189. The first-order valence-electron chi connectivity index (χ1n) is 12.1. The number of nitrogens with zero attached hydrogens (tertiary/aromatic N) is 1. The molecule has 1 aliphatic heterocycles. The predicted molar refractivity (Wildman–Crippen MR) is 128 cm³/mol. The van der Waals surface area contributed by atoms with Crippen LogP contribution in [0.15, 0.2) is 48.5 Å². The van der Waals surface area contributed by atoms with E-state index in [4.69, 9.17) is 9.47 Å². The van der Waals surface area contributed by atoms with Gasteiger partial charge in [-0.25, -0.2) is 9.59 Å². The molecule has 1 saturated carbocycles. The molecule has 2 N–H and O–H groups in total. The predicted octanol–water partition coefficient (Wildman–Crippen LogP) is 3.40. The van der Waals surface area contributed by atoms with Crippen molar-refractivity contribution in [1.29, 1.82) is 0 Å². The number of aliphatic carboxylic acids is 1. The minimum Gasteiger partial charge on any atom is -0.479 e. The van der Waals surface area contributed by atoms with E-state index < -0.39 is 23.7 Å². The molecule has 0 aromatic heterocycles. The van der Waals surface area contributed by atoms with E-state index in [1.807, 2.05) is 24.3 Å². The topological polar surface area (TPSA) is 105 Å². The van der Waals surface area contributed by atoms with Gasteiger partial charge in [0.25, 0.3) is 0 Å². The van der Waals surface area contributed by atoms with Gasteiger partial charge in [0.1, 0.15) is 12.1 Å². The van der Waals surface area contributed by atoms with Gasteiger partial charge in [-0.15, -0.1) is 0 Å². The van der Waals surface area contributed by atoms with E-state index in [1.165, 1.54) is 12.0 Å². The summed E-state index contributed by atoms with van der Waals surface area (Å²) in [6.07, 6.45) is 1.01. The fourth-order valence-corrected chi connectivity index (χ4v) is 5.80. The fourth-order valence-electron chi connectivity index (χ4n) is 5.80. The zero-order chi connectivity index (χ0) is 24.6. The lowest BCUT2D eigenvalue weighted by atomic mass is 9.98. The van der Waals surface area contributed by atoms with Gasteiger partial charge >= 0.3 is 12.1 Å². The van der Waals surface area contributed by atoms with E-state index in [-0.39, 0.29) is 37.3 Å². The molecule has 3 unspecified atom stereocenters. The van der Waals surface area contributed by atoms with E-state index in [9.17, 15) is 19.5 Å². The van der Waals surface area contributed by atoms with Crippen molar-refractivity contribution in [2.45, 2.75) is 43.2 Å². The Morgan fingerprint density at radius 3 is 2.40 bits per heavy atom. The molecule has 2 fully saturated rings. The molecule has 1 heterocycles. The van der Waals surface area contributed by atoms with E-state index in [1.54, 1.807) is 0 Å². The summed E-state index contributed by atoms with van der Waals surface area (Å²) in [5.74, 6) is -1.18. The Bertz CT molecular complexity index is 1100. The number of nitrogens with one attached hydrogen (secondary N) is 1. The molecular formula is C27H30N2O6. The van der Waals surface area contributed by atoms with Gasteiger partial charge in [0.15, 0.2) is 0 Å². The van der Waals surface area contributed by atoms with Crippen molar-refractivity contribution in [3.05, 3.63) is 59.7 Å². The average Bonchev–Trinajstić information content (AvgIpc) is 3.56. The molecule has 184 valence electrons. The molecule has 2 aromatic rings. The van der Waals surface area contributed by atoms with Gasteiger partial charge in [-0.3, -0.25) is 4.79 Å². The number of carboxylic acid groups (broad SMARTS) is 1. The number of amides is 2. The van der Waals surface area contributed by atoms with E-state index in [2.05, 4.69) is 29.6 Å². The number of carboxylic acids is 1. The molecule has 0 spiro atoms. The van der Waals surface area contributed by atoms with Crippen molar-refractivity contribution >= 4 is 18.0 Å². The third-order valence-corrected chi connectivity index (χ3v) is 7.71. The van der Waals surface area contributed by atoms with Gasteiger partial charge in [-0.1, -0.05) is 48.5 Å². The van der Waals surface area contributed by atoms with Crippen LogP contribution in [0.25, 0.3) is 11.1 Å². The fraction of sp³-hybridized carbons (Fsp3) is 0.444. The maximum atomic E-state index is 12.9. The number of alkyl carbamates (subject to hydrolysis) is 1. The Kier molecular flexibility index (Phi) is 6.23. The molecule has 3 aliphatic rings. The highest BCUT2D eigenvalue weighted by molar-refractivity contribution is 5.91. The van der Waals surface area contributed by atoms with Crippen molar-refractivity contribution in [2.75, 3.05) is 26.8 Å². The van der Waals surface area contributed by atoms with Gasteiger partial charge < -0.3 is 24.8 Å². The number of fused-ring (bicyclic) bond motifs is 4. The number of hydrogen-bond donors (Lipinski definition) is 2. The number of rotatable bonds is 8. The highest BCUT2D eigenvalue weighted by atomic mass is 16.5. The van der Waals surface area contributed by atoms with Gasteiger partial charge in [0.05, 0.1) is 12.5 Å². The molecule has 1 saturated heterocycles. The quantitative estimate of drug-likeness (QED) is 0.603. The number of piperidine rings is 1. The van der Waals surface area contributed by atoms with Crippen LogP contribution in [0.3, 0.4) is 0 Å². The van der Waals surface area contributed by atoms with Crippen LogP contribution < -0.4 is 5.32 Å². The van der Waals surface area contributed by atoms with E-state index in [0.717, 1.165) is 35.1 Å². The second-order valence-corrected chi connectivity index (χ2v) is 9.59. The first kappa shape index (κ1) is 23.4. The zero-order valence-electron chi connectivity index (χ0n) is 19.7. The molecule has 2 aliphatic carbocycles. The third kappa shape index (κ3) is 4.16. The molecule has 2 amide bonds. The number of benzene rings is 2. The largest absolute Gasteiger partial charge is 0.479 e. The number of methoxy groups -OCH3 is 1. The van der Waals surface area contributed by atoms with Gasteiger partial charge in [0.2, 0.25) is 5.91 Å². The molecular weight excluding hydrogens is 448 g/mol. The van der Waals surface area contributed by atoms with Crippen molar-refractivity contribution in [3.63, 3.8) is 0 Å². The Labute approximate surface area is 204 Å². The Morgan fingerprint density at radius 1 is 1.11 bits per heavy atom. The summed E-state index contributed by atoms with van der Waals surface area (Å²) in [4.78, 5) is 38.7. The van der Waals surface area contributed by atoms with Crippen LogP contribution >= 0.6 is 0 Å². The lowest BCUT2D eigenvalue weighted by Crippen LogP contribution is -2.52. The SMILES string of the molecule is COC(CNC(=O)OCC1c2ccccc2-c2ccccc21)CC(=O)N1CCCC2CC21C(=O)O. The minimum atomic E-state index is -1.05. The lowest BCUT2D eigenvalue weighted by Gasteiger charge is -2.34. The smallest absolute Gasteiger partial charge is 0.407 e.